The minimum Gasteiger partial charge on any atom is -0.454 e. The maximum Gasteiger partial charge on any atom is 0.162 e. The van der Waals surface area contributed by atoms with Crippen LogP contribution in [0.15, 0.2) is 168 Å². The van der Waals surface area contributed by atoms with Gasteiger partial charge >= 0.3 is 0 Å². The molecule has 4 heteroatoms. The summed E-state index contributed by atoms with van der Waals surface area (Å²) in [5.41, 5.74) is 12.6. The van der Waals surface area contributed by atoms with Gasteiger partial charge in [-0.15, -0.1) is 0 Å². The lowest BCUT2D eigenvalue weighted by Crippen LogP contribution is -1.96. The van der Waals surface area contributed by atoms with Crippen molar-refractivity contribution in [3.05, 3.63) is 164 Å². The zero-order chi connectivity index (χ0) is 31.2. The Balaban J connectivity index is 1.22. The van der Waals surface area contributed by atoms with Crippen LogP contribution in [0.1, 0.15) is 0 Å². The van der Waals surface area contributed by atoms with Gasteiger partial charge in [0.25, 0.3) is 0 Å². The van der Waals surface area contributed by atoms with Gasteiger partial charge in [0.15, 0.2) is 11.4 Å². The molecule has 0 aliphatic rings. The monoisotopic (exact) mass is 601 g/mol. The van der Waals surface area contributed by atoms with E-state index in [1.165, 1.54) is 11.1 Å². The summed E-state index contributed by atoms with van der Waals surface area (Å²) in [4.78, 5) is 15.2. The topological polar surface area (TPSA) is 51.8 Å². The largest absolute Gasteiger partial charge is 0.454 e. The first-order valence-corrected chi connectivity index (χ1v) is 15.7. The molecule has 47 heavy (non-hydrogen) atoms. The first kappa shape index (κ1) is 27.0. The van der Waals surface area contributed by atoms with Crippen molar-refractivity contribution in [3.8, 4) is 56.2 Å². The average Bonchev–Trinajstić information content (AvgIpc) is 3.52. The molecule has 0 bridgehead atoms. The predicted molar refractivity (Wildman–Crippen MR) is 192 cm³/mol. The van der Waals surface area contributed by atoms with E-state index in [2.05, 4.69) is 115 Å². The summed E-state index contributed by atoms with van der Waals surface area (Å²) in [6, 6.07) is 56.2. The van der Waals surface area contributed by atoms with Gasteiger partial charge in [-0.1, -0.05) is 133 Å². The molecule has 4 nitrogen and oxygen atoms in total. The van der Waals surface area contributed by atoms with Crippen molar-refractivity contribution in [2.45, 2.75) is 0 Å². The van der Waals surface area contributed by atoms with Gasteiger partial charge in [-0.3, -0.25) is 0 Å². The molecule has 6 aromatic carbocycles. The van der Waals surface area contributed by atoms with Crippen LogP contribution in [0.5, 0.6) is 0 Å². The lowest BCUT2D eigenvalue weighted by Gasteiger charge is -2.12. The number of fused-ring (bicyclic) bond motifs is 4. The van der Waals surface area contributed by atoms with E-state index in [1.54, 1.807) is 0 Å². The highest BCUT2D eigenvalue weighted by molar-refractivity contribution is 6.15. The fraction of sp³-hybridized carbons (Fsp3) is 0. The first-order chi connectivity index (χ1) is 23.3. The van der Waals surface area contributed by atoms with E-state index >= 15 is 0 Å². The number of hydrogen-bond acceptors (Lipinski definition) is 4. The van der Waals surface area contributed by atoms with Gasteiger partial charge in [0.05, 0.1) is 16.9 Å². The van der Waals surface area contributed by atoms with Gasteiger partial charge in [0.2, 0.25) is 0 Å². The first-order valence-electron chi connectivity index (χ1n) is 15.7. The standard InChI is InChI=1S/C43H27N3O/c1-3-12-28(13-4-1)29-22-24-30(25-23-29)37-27-38(46-43(45-37)31-14-5-2-6-15-31)32-16-11-17-33(26-32)40-34-18-7-9-20-36(34)44-41-35-19-8-10-21-39(35)47-42(40)41/h1-27H. The Morgan fingerprint density at radius 3 is 1.74 bits per heavy atom. The number of para-hydroxylation sites is 2. The highest BCUT2D eigenvalue weighted by Crippen LogP contribution is 2.40. The molecule has 0 aliphatic heterocycles. The summed E-state index contributed by atoms with van der Waals surface area (Å²) in [7, 11) is 0. The normalized spacial score (nSPS) is 11.4. The Kier molecular flexibility index (Phi) is 6.43. The molecule has 0 atom stereocenters. The molecule has 9 rings (SSSR count). The number of pyridine rings is 1. The van der Waals surface area contributed by atoms with Crippen molar-refractivity contribution in [2.24, 2.45) is 0 Å². The van der Waals surface area contributed by atoms with Crippen LogP contribution < -0.4 is 0 Å². The van der Waals surface area contributed by atoms with Gasteiger partial charge in [0.1, 0.15) is 11.1 Å². The van der Waals surface area contributed by atoms with Crippen LogP contribution in [-0.4, -0.2) is 15.0 Å². The highest BCUT2D eigenvalue weighted by atomic mass is 16.3. The van der Waals surface area contributed by atoms with Crippen molar-refractivity contribution in [2.75, 3.05) is 0 Å². The summed E-state index contributed by atoms with van der Waals surface area (Å²) in [5.74, 6) is 0.685. The molecule has 0 saturated heterocycles. The Labute approximate surface area is 271 Å². The molecule has 0 radical (unpaired) electrons. The molecule has 0 spiro atoms. The van der Waals surface area contributed by atoms with Gasteiger partial charge in [-0.25, -0.2) is 15.0 Å². The van der Waals surface area contributed by atoms with Gasteiger partial charge < -0.3 is 4.42 Å². The molecule has 3 aromatic heterocycles. The number of furan rings is 1. The van der Waals surface area contributed by atoms with Crippen LogP contribution in [0, 0.1) is 0 Å². The lowest BCUT2D eigenvalue weighted by molar-refractivity contribution is 0.670. The van der Waals surface area contributed by atoms with Crippen LogP contribution in [0.3, 0.4) is 0 Å². The number of nitrogens with zero attached hydrogens (tertiary/aromatic N) is 3. The molecule has 0 aliphatic carbocycles. The van der Waals surface area contributed by atoms with Crippen LogP contribution >= 0.6 is 0 Å². The second kappa shape index (κ2) is 11.2. The van der Waals surface area contributed by atoms with Crippen molar-refractivity contribution < 1.29 is 4.42 Å². The van der Waals surface area contributed by atoms with E-state index < -0.39 is 0 Å². The number of rotatable bonds is 5. The van der Waals surface area contributed by atoms with Crippen LogP contribution in [0.4, 0.5) is 0 Å². The SMILES string of the molecule is c1ccc(-c2ccc(-c3cc(-c4cccc(-c5c6ccccc6nc6c5oc5ccccc56)c4)nc(-c4ccccc4)n3)cc2)cc1. The van der Waals surface area contributed by atoms with Gasteiger partial charge in [0, 0.05) is 33.0 Å². The van der Waals surface area contributed by atoms with Crippen molar-refractivity contribution in [3.63, 3.8) is 0 Å². The van der Waals surface area contributed by atoms with Crippen molar-refractivity contribution in [1.82, 2.24) is 15.0 Å². The van der Waals surface area contributed by atoms with Crippen LogP contribution in [0.2, 0.25) is 0 Å². The fourth-order valence-electron chi connectivity index (χ4n) is 6.38. The second-order valence-electron chi connectivity index (χ2n) is 11.6. The van der Waals surface area contributed by atoms with E-state index in [9.17, 15) is 0 Å². The quantitative estimate of drug-likeness (QED) is 0.197. The van der Waals surface area contributed by atoms with Gasteiger partial charge in [-0.2, -0.15) is 0 Å². The molecular weight excluding hydrogens is 574 g/mol. The number of benzene rings is 6. The van der Waals surface area contributed by atoms with E-state index in [0.717, 1.165) is 72.2 Å². The van der Waals surface area contributed by atoms with Crippen LogP contribution in [-0.2, 0) is 0 Å². The average molecular weight is 602 g/mol. The Morgan fingerprint density at radius 2 is 0.957 bits per heavy atom. The molecule has 0 saturated carbocycles. The van der Waals surface area contributed by atoms with E-state index in [0.29, 0.717) is 5.82 Å². The lowest BCUT2D eigenvalue weighted by atomic mass is 9.96. The Hall–Kier alpha value is -6.39. The molecule has 0 fully saturated rings. The third-order valence-electron chi connectivity index (χ3n) is 8.69. The third-order valence-corrected chi connectivity index (χ3v) is 8.69. The van der Waals surface area contributed by atoms with E-state index in [1.807, 2.05) is 48.5 Å². The van der Waals surface area contributed by atoms with E-state index in [4.69, 9.17) is 19.4 Å². The van der Waals surface area contributed by atoms with Crippen LogP contribution in [0.25, 0.3) is 89.1 Å². The predicted octanol–water partition coefficient (Wildman–Crippen LogP) is 11.3. The molecule has 9 aromatic rings. The highest BCUT2D eigenvalue weighted by Gasteiger charge is 2.19. The summed E-state index contributed by atoms with van der Waals surface area (Å²) in [6.45, 7) is 0. The second-order valence-corrected chi connectivity index (χ2v) is 11.6. The molecular formula is C43H27N3O. The Bertz CT molecular complexity index is 2550. The summed E-state index contributed by atoms with van der Waals surface area (Å²) < 4.78 is 6.50. The smallest absolute Gasteiger partial charge is 0.162 e. The maximum atomic E-state index is 6.50. The van der Waals surface area contributed by atoms with Crippen molar-refractivity contribution in [1.29, 1.82) is 0 Å². The summed E-state index contributed by atoms with van der Waals surface area (Å²) in [6.07, 6.45) is 0. The fourth-order valence-corrected chi connectivity index (χ4v) is 6.38. The summed E-state index contributed by atoms with van der Waals surface area (Å²) >= 11 is 0. The molecule has 220 valence electrons. The van der Waals surface area contributed by atoms with Gasteiger partial charge in [-0.05, 0) is 47.0 Å². The zero-order valence-corrected chi connectivity index (χ0v) is 25.3. The molecule has 3 heterocycles. The number of aromatic nitrogens is 3. The zero-order valence-electron chi connectivity index (χ0n) is 25.3. The molecule has 0 N–H and O–H groups in total. The minimum atomic E-state index is 0.685. The maximum absolute atomic E-state index is 6.50. The molecule has 0 unspecified atom stereocenters. The van der Waals surface area contributed by atoms with Crippen molar-refractivity contribution >= 4 is 33.0 Å². The molecule has 0 amide bonds. The third kappa shape index (κ3) is 4.84. The Morgan fingerprint density at radius 1 is 0.383 bits per heavy atom. The van der Waals surface area contributed by atoms with E-state index in [-0.39, 0.29) is 0 Å². The number of hydrogen-bond donors (Lipinski definition) is 0. The minimum absolute atomic E-state index is 0.685. The summed E-state index contributed by atoms with van der Waals surface area (Å²) in [5, 5.41) is 2.06.